The maximum absolute atomic E-state index is 13.0. The van der Waals surface area contributed by atoms with E-state index in [1.54, 1.807) is 39.8 Å². The van der Waals surface area contributed by atoms with Crippen molar-refractivity contribution in [3.63, 3.8) is 0 Å². The molecular weight excluding hydrogens is 420 g/mol. The number of nitrogens with zero attached hydrogens (tertiary/aromatic N) is 1. The molecule has 0 bridgehead atoms. The van der Waals surface area contributed by atoms with Crippen LogP contribution in [0.1, 0.15) is 63.0 Å². The zero-order valence-electron chi connectivity index (χ0n) is 18.8. The Morgan fingerprint density at radius 1 is 1.29 bits per heavy atom. The van der Waals surface area contributed by atoms with Gasteiger partial charge in [0.1, 0.15) is 17.7 Å². The zero-order chi connectivity index (χ0) is 23.2. The fraction of sp³-hybridized carbons (Fsp3) is 0.636. The van der Waals surface area contributed by atoms with E-state index >= 15 is 0 Å². The number of thiophene rings is 1. The number of Topliss-reactive ketones (excluding diaryl/α,β-unsaturated/α-hetero) is 1. The lowest BCUT2D eigenvalue weighted by atomic mass is 10.1. The number of esters is 2. The summed E-state index contributed by atoms with van der Waals surface area (Å²) in [6.07, 6.45) is 1.61. The largest absolute Gasteiger partial charge is 0.468 e. The highest BCUT2D eigenvalue weighted by Crippen LogP contribution is 2.22. The van der Waals surface area contributed by atoms with Gasteiger partial charge in [0, 0.05) is 13.0 Å². The van der Waals surface area contributed by atoms with Gasteiger partial charge in [-0.15, -0.1) is 11.3 Å². The Kier molecular flexibility index (Phi) is 8.76. The van der Waals surface area contributed by atoms with Crippen LogP contribution in [-0.4, -0.2) is 65.9 Å². The Bertz CT molecular complexity index is 786. The molecule has 2 heterocycles. The summed E-state index contributed by atoms with van der Waals surface area (Å²) in [5.41, 5.74) is -0.636. The van der Waals surface area contributed by atoms with Crippen molar-refractivity contribution in [3.8, 4) is 0 Å². The molecule has 0 spiro atoms. The minimum absolute atomic E-state index is 0.0609. The topological polar surface area (TPSA) is 102 Å². The number of carbonyl (C=O) groups excluding carboxylic acids is 4. The Balaban J connectivity index is 2.00. The van der Waals surface area contributed by atoms with Crippen molar-refractivity contribution in [2.24, 2.45) is 0 Å². The van der Waals surface area contributed by atoms with E-state index in [-0.39, 0.29) is 24.5 Å². The Labute approximate surface area is 187 Å². The molecular formula is C22H32N2O6S. The first kappa shape index (κ1) is 25.0. The molecule has 1 aromatic heterocycles. The summed E-state index contributed by atoms with van der Waals surface area (Å²) in [4.78, 5) is 52.2. The predicted molar refractivity (Wildman–Crippen MR) is 117 cm³/mol. The van der Waals surface area contributed by atoms with Crippen molar-refractivity contribution < 1.29 is 28.7 Å². The molecule has 8 nitrogen and oxygen atoms in total. The molecule has 0 aliphatic carbocycles. The highest BCUT2D eigenvalue weighted by atomic mass is 32.1. The van der Waals surface area contributed by atoms with Crippen LogP contribution in [0.2, 0.25) is 0 Å². The molecule has 1 amide bonds. The van der Waals surface area contributed by atoms with Gasteiger partial charge in [-0.25, -0.2) is 4.79 Å². The maximum Gasteiger partial charge on any atom is 0.329 e. The molecule has 1 unspecified atom stereocenters. The highest BCUT2D eigenvalue weighted by Gasteiger charge is 2.39. The first-order valence-electron chi connectivity index (χ1n) is 10.5. The monoisotopic (exact) mass is 452 g/mol. The van der Waals surface area contributed by atoms with Crippen LogP contribution in [0.15, 0.2) is 17.5 Å². The quantitative estimate of drug-likeness (QED) is 0.454. The Morgan fingerprint density at radius 2 is 2.00 bits per heavy atom. The van der Waals surface area contributed by atoms with Gasteiger partial charge in [-0.2, -0.15) is 0 Å². The van der Waals surface area contributed by atoms with Crippen molar-refractivity contribution >= 4 is 35.0 Å². The second-order valence-electron chi connectivity index (χ2n) is 8.63. The van der Waals surface area contributed by atoms with Crippen molar-refractivity contribution in [1.82, 2.24) is 10.2 Å². The average molecular weight is 453 g/mol. The lowest BCUT2D eigenvalue weighted by Gasteiger charge is -2.30. The molecule has 1 saturated heterocycles. The summed E-state index contributed by atoms with van der Waals surface area (Å²) >= 11 is 1.35. The van der Waals surface area contributed by atoms with Crippen LogP contribution in [0.3, 0.4) is 0 Å². The van der Waals surface area contributed by atoms with Crippen molar-refractivity contribution in [3.05, 3.63) is 22.4 Å². The number of ether oxygens (including phenoxy) is 2. The van der Waals surface area contributed by atoms with E-state index in [2.05, 4.69) is 5.32 Å². The van der Waals surface area contributed by atoms with E-state index in [0.29, 0.717) is 24.3 Å². The average Bonchev–Trinajstić information content (AvgIpc) is 3.40. The molecule has 1 fully saturated rings. The molecule has 9 heteroatoms. The molecule has 31 heavy (non-hydrogen) atoms. The summed E-state index contributed by atoms with van der Waals surface area (Å²) in [6, 6.07) is 1.36. The number of hydrogen-bond acceptors (Lipinski definition) is 8. The summed E-state index contributed by atoms with van der Waals surface area (Å²) in [5, 5.41) is 4.81. The molecule has 2 rings (SSSR count). The number of rotatable bonds is 9. The summed E-state index contributed by atoms with van der Waals surface area (Å²) in [6.45, 7) is 7.45. The molecule has 1 aromatic rings. The highest BCUT2D eigenvalue weighted by molar-refractivity contribution is 7.12. The second kappa shape index (κ2) is 10.9. The number of nitrogens with one attached hydrogen (secondary N) is 1. The summed E-state index contributed by atoms with van der Waals surface area (Å²) < 4.78 is 10.3. The predicted octanol–water partition coefficient (Wildman–Crippen LogP) is 2.56. The van der Waals surface area contributed by atoms with E-state index < -0.39 is 35.7 Å². The summed E-state index contributed by atoms with van der Waals surface area (Å²) in [5.74, 6) is -1.30. The van der Waals surface area contributed by atoms with Crippen molar-refractivity contribution in [1.29, 1.82) is 0 Å². The fourth-order valence-corrected chi connectivity index (χ4v) is 4.21. The molecule has 172 valence electrons. The van der Waals surface area contributed by atoms with Gasteiger partial charge in [0.15, 0.2) is 5.78 Å². The third-order valence-corrected chi connectivity index (χ3v) is 5.89. The number of likely N-dealkylation sites (tertiary alicyclic amines) is 1. The maximum atomic E-state index is 13.0. The summed E-state index contributed by atoms with van der Waals surface area (Å²) in [7, 11) is 1.27. The van der Waals surface area contributed by atoms with Gasteiger partial charge in [0.05, 0.1) is 18.0 Å². The molecule has 0 aromatic carbocycles. The lowest BCUT2D eigenvalue weighted by molar-refractivity contribution is -0.163. The number of methoxy groups -OCH3 is 1. The minimum Gasteiger partial charge on any atom is -0.468 e. The van der Waals surface area contributed by atoms with Gasteiger partial charge in [-0.1, -0.05) is 6.07 Å². The van der Waals surface area contributed by atoms with Crippen LogP contribution < -0.4 is 5.32 Å². The van der Waals surface area contributed by atoms with Crippen LogP contribution in [0.5, 0.6) is 0 Å². The Hall–Kier alpha value is -2.26. The third kappa shape index (κ3) is 7.14. The number of ketones is 1. The minimum atomic E-state index is -0.810. The van der Waals surface area contributed by atoms with Gasteiger partial charge >= 0.3 is 11.9 Å². The van der Waals surface area contributed by atoms with Crippen LogP contribution >= 0.6 is 11.3 Å². The zero-order valence-corrected chi connectivity index (χ0v) is 19.6. The molecule has 1 aliphatic rings. The standard InChI is InChI=1S/C22H32N2O6S/c1-14(19(26)24-12-6-8-16(24)21(28)30-22(2,3)4)23-15(20(27)29-5)10-11-17(25)18-9-7-13-31-18/h7,9,13-16,23H,6,8,10-12H2,1-5H3/t14-,15?,16-/m0/s1. The van der Waals surface area contributed by atoms with Crippen molar-refractivity contribution in [2.75, 3.05) is 13.7 Å². The van der Waals surface area contributed by atoms with Gasteiger partial charge < -0.3 is 14.4 Å². The van der Waals surface area contributed by atoms with E-state index in [1.165, 1.54) is 23.3 Å². The number of amides is 1. The molecule has 1 aliphatic heterocycles. The first-order valence-corrected chi connectivity index (χ1v) is 11.4. The molecule has 1 N–H and O–H groups in total. The van der Waals surface area contributed by atoms with E-state index in [9.17, 15) is 19.2 Å². The van der Waals surface area contributed by atoms with Crippen LogP contribution in [0, 0.1) is 0 Å². The van der Waals surface area contributed by atoms with Crippen LogP contribution in [0.25, 0.3) is 0 Å². The lowest BCUT2D eigenvalue weighted by Crippen LogP contribution is -2.53. The third-order valence-electron chi connectivity index (χ3n) is 4.98. The van der Waals surface area contributed by atoms with E-state index in [0.717, 1.165) is 0 Å². The first-order chi connectivity index (χ1) is 14.5. The molecule has 0 radical (unpaired) electrons. The van der Waals surface area contributed by atoms with Crippen LogP contribution in [0.4, 0.5) is 0 Å². The number of carbonyl (C=O) groups is 4. The molecule has 0 saturated carbocycles. The van der Waals surface area contributed by atoms with E-state index in [1.807, 2.05) is 5.38 Å². The molecule has 3 atom stereocenters. The second-order valence-corrected chi connectivity index (χ2v) is 9.57. The van der Waals surface area contributed by atoms with Gasteiger partial charge in [0.2, 0.25) is 5.91 Å². The van der Waals surface area contributed by atoms with Gasteiger partial charge in [-0.05, 0) is 58.4 Å². The van der Waals surface area contributed by atoms with E-state index in [4.69, 9.17) is 9.47 Å². The van der Waals surface area contributed by atoms with Crippen LogP contribution in [-0.2, 0) is 23.9 Å². The van der Waals surface area contributed by atoms with Crippen molar-refractivity contribution in [2.45, 2.75) is 77.1 Å². The fourth-order valence-electron chi connectivity index (χ4n) is 3.51. The SMILES string of the molecule is COC(=O)C(CCC(=O)c1cccs1)N[C@@H](C)C(=O)N1CCC[C@H]1C(=O)OC(C)(C)C. The Morgan fingerprint density at radius 3 is 2.58 bits per heavy atom. The smallest absolute Gasteiger partial charge is 0.329 e. The van der Waals surface area contributed by atoms with Gasteiger partial charge in [-0.3, -0.25) is 19.7 Å². The number of hydrogen-bond donors (Lipinski definition) is 1. The van der Waals surface area contributed by atoms with Gasteiger partial charge in [0.25, 0.3) is 0 Å². The normalized spacial score (nSPS) is 18.4.